The predicted molar refractivity (Wildman–Crippen MR) is 101 cm³/mol. The Kier molecular flexibility index (Phi) is 4.95. The second kappa shape index (κ2) is 7.17. The van der Waals surface area contributed by atoms with E-state index in [0.717, 1.165) is 5.56 Å². The van der Waals surface area contributed by atoms with Crippen LogP contribution < -0.4 is 20.7 Å². The summed E-state index contributed by atoms with van der Waals surface area (Å²) in [6, 6.07) is 13.8. The Balaban J connectivity index is 1.93. The highest BCUT2D eigenvalue weighted by Gasteiger charge is 2.37. The molecule has 0 saturated carbocycles. The third-order valence-electron chi connectivity index (χ3n) is 4.47. The molecule has 3 rings (SSSR count). The van der Waals surface area contributed by atoms with Gasteiger partial charge in [-0.25, -0.2) is 0 Å². The number of rotatable bonds is 4. The van der Waals surface area contributed by atoms with Crippen LogP contribution in [-0.4, -0.2) is 24.0 Å². The van der Waals surface area contributed by atoms with Crippen LogP contribution in [0.25, 0.3) is 0 Å². The minimum absolute atomic E-state index is 0.190. The van der Waals surface area contributed by atoms with E-state index in [-0.39, 0.29) is 17.9 Å². The minimum atomic E-state index is -0.698. The van der Waals surface area contributed by atoms with E-state index in [4.69, 9.17) is 10.5 Å². The van der Waals surface area contributed by atoms with Gasteiger partial charge in [0.15, 0.2) is 6.10 Å². The van der Waals surface area contributed by atoms with E-state index in [1.165, 1.54) is 4.90 Å². The fourth-order valence-electron chi connectivity index (χ4n) is 2.95. The molecule has 0 spiro atoms. The molecule has 0 bridgehead atoms. The Morgan fingerprint density at radius 2 is 1.88 bits per heavy atom. The molecule has 0 saturated heterocycles. The van der Waals surface area contributed by atoms with E-state index < -0.39 is 12.1 Å². The molecule has 3 N–H and O–H groups in total. The summed E-state index contributed by atoms with van der Waals surface area (Å²) >= 11 is 0. The summed E-state index contributed by atoms with van der Waals surface area (Å²) in [4.78, 5) is 27.0. The minimum Gasteiger partial charge on any atom is -0.479 e. The van der Waals surface area contributed by atoms with E-state index in [1.54, 1.807) is 32.0 Å². The second-order valence-corrected chi connectivity index (χ2v) is 6.52. The molecule has 0 aliphatic carbocycles. The van der Waals surface area contributed by atoms with Crippen LogP contribution in [0.3, 0.4) is 0 Å². The van der Waals surface area contributed by atoms with Crippen molar-refractivity contribution in [3.8, 4) is 5.75 Å². The van der Waals surface area contributed by atoms with Gasteiger partial charge < -0.3 is 15.8 Å². The molecule has 3 atom stereocenters. The first kappa shape index (κ1) is 17.9. The summed E-state index contributed by atoms with van der Waals surface area (Å²) in [5, 5.41) is 2.84. The zero-order valence-corrected chi connectivity index (χ0v) is 15.1. The Hall–Kier alpha value is -2.86. The van der Waals surface area contributed by atoms with Crippen LogP contribution in [0.5, 0.6) is 5.75 Å². The van der Waals surface area contributed by atoms with E-state index >= 15 is 0 Å². The topological polar surface area (TPSA) is 84.7 Å². The molecule has 1 heterocycles. The van der Waals surface area contributed by atoms with Gasteiger partial charge in [-0.1, -0.05) is 24.3 Å². The number of fused-ring (bicyclic) bond motifs is 1. The molecule has 2 aromatic rings. The number of hydrogen-bond acceptors (Lipinski definition) is 4. The van der Waals surface area contributed by atoms with Gasteiger partial charge in [-0.3, -0.25) is 14.5 Å². The molecule has 0 radical (unpaired) electrons. The van der Waals surface area contributed by atoms with Crippen molar-refractivity contribution >= 4 is 23.2 Å². The first-order chi connectivity index (χ1) is 12.4. The van der Waals surface area contributed by atoms with E-state index in [1.807, 2.05) is 37.3 Å². The van der Waals surface area contributed by atoms with Crippen molar-refractivity contribution in [3.63, 3.8) is 0 Å². The number of anilines is 2. The summed E-state index contributed by atoms with van der Waals surface area (Å²) in [5.74, 6) is 0.0479. The van der Waals surface area contributed by atoms with E-state index in [2.05, 4.69) is 5.32 Å². The van der Waals surface area contributed by atoms with Gasteiger partial charge >= 0.3 is 0 Å². The van der Waals surface area contributed by atoms with E-state index in [9.17, 15) is 9.59 Å². The lowest BCUT2D eigenvalue weighted by Gasteiger charge is -2.36. The van der Waals surface area contributed by atoms with Crippen LogP contribution in [0.15, 0.2) is 48.5 Å². The number of nitrogens with zero attached hydrogens (tertiary/aromatic N) is 1. The highest BCUT2D eigenvalue weighted by atomic mass is 16.5. The van der Waals surface area contributed by atoms with Crippen LogP contribution in [0, 0.1) is 0 Å². The van der Waals surface area contributed by atoms with Gasteiger partial charge in [-0.15, -0.1) is 0 Å². The van der Waals surface area contributed by atoms with Crippen molar-refractivity contribution < 1.29 is 14.3 Å². The lowest BCUT2D eigenvalue weighted by molar-refractivity contribution is -0.128. The molecule has 0 aromatic heterocycles. The fraction of sp³-hybridized carbons (Fsp3) is 0.300. The number of ether oxygens (including phenoxy) is 1. The average molecular weight is 353 g/mol. The standard InChI is InChI=1S/C20H23N3O3/c1-12(21)15-9-10-18-17(11-15)23(20(25)14(3)26-18)13(2)19(24)22-16-7-5-4-6-8-16/h4-14H,21H2,1-3H3,(H,22,24). The Morgan fingerprint density at radius 1 is 1.19 bits per heavy atom. The number of carbonyl (C=O) groups excluding carboxylic acids is 2. The van der Waals surface area contributed by atoms with Gasteiger partial charge in [0.1, 0.15) is 11.8 Å². The molecule has 1 aliphatic rings. The van der Waals surface area contributed by atoms with Crippen molar-refractivity contribution in [1.29, 1.82) is 0 Å². The zero-order chi connectivity index (χ0) is 18.8. The van der Waals surface area contributed by atoms with Gasteiger partial charge in [0.2, 0.25) is 5.91 Å². The molecule has 3 unspecified atom stereocenters. The number of carbonyl (C=O) groups is 2. The number of nitrogens with two attached hydrogens (primary N) is 1. The maximum Gasteiger partial charge on any atom is 0.268 e. The van der Waals surface area contributed by atoms with Crippen LogP contribution in [0.4, 0.5) is 11.4 Å². The fourth-order valence-corrected chi connectivity index (χ4v) is 2.95. The number of benzene rings is 2. The first-order valence-corrected chi connectivity index (χ1v) is 8.63. The lowest BCUT2D eigenvalue weighted by atomic mass is 10.0. The summed E-state index contributed by atoms with van der Waals surface area (Å²) in [6.45, 7) is 5.25. The predicted octanol–water partition coefficient (Wildman–Crippen LogP) is 2.85. The quantitative estimate of drug-likeness (QED) is 0.885. The van der Waals surface area contributed by atoms with Crippen molar-refractivity contribution in [1.82, 2.24) is 0 Å². The molecular weight excluding hydrogens is 330 g/mol. The lowest BCUT2D eigenvalue weighted by Crippen LogP contribution is -2.52. The number of para-hydroxylation sites is 1. The molecule has 6 heteroatoms. The SMILES string of the molecule is CC1Oc2ccc(C(C)N)cc2N(C(C)C(=O)Nc2ccccc2)C1=O. The number of hydrogen-bond donors (Lipinski definition) is 2. The number of amides is 2. The third-order valence-corrected chi connectivity index (χ3v) is 4.47. The summed E-state index contributed by atoms with van der Waals surface area (Å²) < 4.78 is 5.69. The van der Waals surface area contributed by atoms with Gasteiger partial charge in [-0.2, -0.15) is 0 Å². The van der Waals surface area contributed by atoms with Crippen LogP contribution >= 0.6 is 0 Å². The Bertz CT molecular complexity index is 820. The molecule has 0 fully saturated rings. The molecule has 1 aliphatic heterocycles. The van der Waals surface area contributed by atoms with E-state index in [0.29, 0.717) is 17.1 Å². The zero-order valence-electron chi connectivity index (χ0n) is 15.1. The first-order valence-electron chi connectivity index (χ1n) is 8.63. The van der Waals surface area contributed by atoms with Crippen LogP contribution in [-0.2, 0) is 9.59 Å². The number of nitrogens with one attached hydrogen (secondary N) is 1. The molecule has 6 nitrogen and oxygen atoms in total. The van der Waals surface area contributed by atoms with Crippen molar-refractivity contribution in [2.24, 2.45) is 5.73 Å². The Labute approximate surface area is 152 Å². The van der Waals surface area contributed by atoms with Gasteiger partial charge in [-0.05, 0) is 50.6 Å². The van der Waals surface area contributed by atoms with Gasteiger partial charge in [0.25, 0.3) is 5.91 Å². The molecule has 26 heavy (non-hydrogen) atoms. The van der Waals surface area contributed by atoms with Crippen LogP contribution in [0.1, 0.15) is 32.4 Å². The summed E-state index contributed by atoms with van der Waals surface area (Å²) in [7, 11) is 0. The van der Waals surface area contributed by atoms with Crippen molar-refractivity contribution in [2.75, 3.05) is 10.2 Å². The maximum atomic E-state index is 12.8. The van der Waals surface area contributed by atoms with Gasteiger partial charge in [0.05, 0.1) is 5.69 Å². The van der Waals surface area contributed by atoms with Crippen molar-refractivity contribution in [3.05, 3.63) is 54.1 Å². The highest BCUT2D eigenvalue weighted by Crippen LogP contribution is 2.37. The highest BCUT2D eigenvalue weighted by molar-refractivity contribution is 6.07. The molecule has 2 amide bonds. The van der Waals surface area contributed by atoms with Crippen LogP contribution in [0.2, 0.25) is 0 Å². The maximum absolute atomic E-state index is 12.8. The van der Waals surface area contributed by atoms with Gasteiger partial charge in [0, 0.05) is 11.7 Å². The smallest absolute Gasteiger partial charge is 0.268 e. The summed E-state index contributed by atoms with van der Waals surface area (Å²) in [5.41, 5.74) is 8.09. The summed E-state index contributed by atoms with van der Waals surface area (Å²) in [6.07, 6.45) is -0.657. The normalized spacial score (nSPS) is 18.5. The van der Waals surface area contributed by atoms with Crippen molar-refractivity contribution in [2.45, 2.75) is 39.0 Å². The third kappa shape index (κ3) is 3.41. The Morgan fingerprint density at radius 3 is 2.54 bits per heavy atom. The molecular formula is C20H23N3O3. The second-order valence-electron chi connectivity index (χ2n) is 6.52. The molecule has 136 valence electrons. The molecule has 2 aromatic carbocycles. The largest absolute Gasteiger partial charge is 0.479 e. The monoisotopic (exact) mass is 353 g/mol. The average Bonchev–Trinajstić information content (AvgIpc) is 2.62.